The Morgan fingerprint density at radius 2 is 1.94 bits per heavy atom. The van der Waals surface area contributed by atoms with E-state index in [2.05, 4.69) is 48.3 Å². The Morgan fingerprint density at radius 1 is 1.16 bits per heavy atom. The van der Waals surface area contributed by atoms with Gasteiger partial charge in [-0.25, -0.2) is 0 Å². The van der Waals surface area contributed by atoms with Crippen molar-refractivity contribution in [1.82, 2.24) is 15.1 Å². The van der Waals surface area contributed by atoms with E-state index in [-0.39, 0.29) is 11.7 Å². The number of nitrogens with one attached hydrogen (secondary N) is 1. The third-order valence-electron chi connectivity index (χ3n) is 4.92. The van der Waals surface area contributed by atoms with Crippen LogP contribution in [-0.4, -0.2) is 60.0 Å². The van der Waals surface area contributed by atoms with E-state index < -0.39 is 0 Å². The van der Waals surface area contributed by atoms with Crippen LogP contribution in [0.4, 0.5) is 11.4 Å². The summed E-state index contributed by atoms with van der Waals surface area (Å²) in [7, 11) is 2.10. The molecule has 1 saturated heterocycles. The first-order chi connectivity index (χ1) is 15.0. The molecule has 0 spiro atoms. The highest BCUT2D eigenvalue weighted by molar-refractivity contribution is 9.10. The largest absolute Gasteiger partial charge is 0.411 e. The normalized spacial score (nSPS) is 14.6. The molecule has 0 radical (unpaired) electrons. The second-order valence-electron chi connectivity index (χ2n) is 7.12. The first-order valence-electron chi connectivity index (χ1n) is 9.74. The van der Waals surface area contributed by atoms with Crippen LogP contribution in [-0.2, 0) is 4.79 Å². The van der Waals surface area contributed by atoms with Crippen molar-refractivity contribution in [2.75, 3.05) is 49.2 Å². The summed E-state index contributed by atoms with van der Waals surface area (Å²) in [6, 6.07) is 13.2. The maximum Gasteiger partial charge on any atom is 0.277 e. The number of hydrogen-bond donors (Lipinski definition) is 1. The Kier molecular flexibility index (Phi) is 7.16. The quantitative estimate of drug-likeness (QED) is 0.473. The summed E-state index contributed by atoms with van der Waals surface area (Å²) in [6.07, 6.45) is 0. The molecule has 3 aromatic rings. The minimum absolute atomic E-state index is 0.145. The van der Waals surface area contributed by atoms with Crippen LogP contribution in [0.25, 0.3) is 11.5 Å². The fourth-order valence-electron chi connectivity index (χ4n) is 3.29. The van der Waals surface area contributed by atoms with Gasteiger partial charge in [0.15, 0.2) is 0 Å². The Balaban J connectivity index is 1.40. The lowest BCUT2D eigenvalue weighted by molar-refractivity contribution is -0.113. The van der Waals surface area contributed by atoms with Crippen LogP contribution in [0.3, 0.4) is 0 Å². The summed E-state index contributed by atoms with van der Waals surface area (Å²) in [6.45, 7) is 3.62. The number of thioether (sulfide) groups is 1. The molecule has 1 aliphatic heterocycles. The molecule has 1 aliphatic rings. The van der Waals surface area contributed by atoms with Crippen molar-refractivity contribution < 1.29 is 9.21 Å². The number of aromatic nitrogens is 2. The van der Waals surface area contributed by atoms with Gasteiger partial charge in [-0.3, -0.25) is 4.79 Å². The number of rotatable bonds is 6. The standard InChI is InChI=1S/C21H21BrClN5O2S/c1-27-9-11-28(12-10-27)19-16(23)7-4-8-17(19)24-18(29)13-31-21-26-25-20(30-21)14-5-2-3-6-15(14)22/h2-8H,9-13H2,1H3,(H,24,29). The van der Waals surface area contributed by atoms with Gasteiger partial charge < -0.3 is 19.5 Å². The summed E-state index contributed by atoms with van der Waals surface area (Å²) in [5.41, 5.74) is 2.38. The number of carbonyl (C=O) groups excluding carboxylic acids is 1. The number of benzene rings is 2. The van der Waals surface area contributed by atoms with E-state index in [0.29, 0.717) is 21.8 Å². The van der Waals surface area contributed by atoms with Crippen molar-refractivity contribution in [2.45, 2.75) is 5.22 Å². The molecular weight excluding hydrogens is 502 g/mol. The van der Waals surface area contributed by atoms with Gasteiger partial charge in [-0.05, 0) is 47.2 Å². The van der Waals surface area contributed by atoms with Crippen LogP contribution in [0.1, 0.15) is 0 Å². The van der Waals surface area contributed by atoms with E-state index in [0.717, 1.165) is 41.9 Å². The van der Waals surface area contributed by atoms with Gasteiger partial charge in [-0.2, -0.15) is 0 Å². The predicted octanol–water partition coefficient (Wildman–Crippen LogP) is 4.64. The molecule has 0 atom stereocenters. The first kappa shape index (κ1) is 22.1. The molecule has 7 nitrogen and oxygen atoms in total. The SMILES string of the molecule is CN1CCN(c2c(Cl)cccc2NC(=O)CSc2nnc(-c3ccccc3Br)o2)CC1. The summed E-state index contributed by atoms with van der Waals surface area (Å²) < 4.78 is 6.56. The third kappa shape index (κ3) is 5.41. The zero-order valence-electron chi connectivity index (χ0n) is 16.8. The van der Waals surface area contributed by atoms with Gasteiger partial charge >= 0.3 is 0 Å². The number of piperazine rings is 1. The lowest BCUT2D eigenvalue weighted by atomic mass is 10.2. The molecule has 0 aliphatic carbocycles. The van der Waals surface area contributed by atoms with Gasteiger partial charge in [-0.15, -0.1) is 10.2 Å². The summed E-state index contributed by atoms with van der Waals surface area (Å²) in [4.78, 5) is 17.1. The topological polar surface area (TPSA) is 74.5 Å². The Labute approximate surface area is 198 Å². The molecule has 1 fully saturated rings. The average molecular weight is 523 g/mol. The lowest BCUT2D eigenvalue weighted by Crippen LogP contribution is -2.44. The summed E-state index contributed by atoms with van der Waals surface area (Å²) in [5, 5.41) is 12.1. The summed E-state index contributed by atoms with van der Waals surface area (Å²) >= 11 is 11.1. The van der Waals surface area contributed by atoms with Crippen LogP contribution in [0.2, 0.25) is 5.02 Å². The number of nitrogens with zero attached hydrogens (tertiary/aromatic N) is 4. The highest BCUT2D eigenvalue weighted by Gasteiger charge is 2.21. The van der Waals surface area contributed by atoms with Crippen molar-refractivity contribution in [3.8, 4) is 11.5 Å². The van der Waals surface area contributed by atoms with Gasteiger partial charge in [0.1, 0.15) is 0 Å². The predicted molar refractivity (Wildman–Crippen MR) is 128 cm³/mol. The number of carbonyl (C=O) groups is 1. The van der Waals surface area contributed by atoms with Gasteiger partial charge in [0, 0.05) is 30.7 Å². The van der Waals surface area contributed by atoms with Crippen LogP contribution in [0, 0.1) is 0 Å². The monoisotopic (exact) mass is 521 g/mol. The van der Waals surface area contributed by atoms with E-state index in [1.54, 1.807) is 0 Å². The van der Waals surface area contributed by atoms with Gasteiger partial charge in [0.05, 0.1) is 27.7 Å². The first-order valence-corrected chi connectivity index (χ1v) is 11.9. The summed E-state index contributed by atoms with van der Waals surface area (Å²) in [5.74, 6) is 0.387. The van der Waals surface area contributed by atoms with Gasteiger partial charge in [0.2, 0.25) is 11.8 Å². The minimum Gasteiger partial charge on any atom is -0.411 e. The number of hydrogen-bond acceptors (Lipinski definition) is 7. The molecule has 1 amide bonds. The van der Waals surface area contributed by atoms with Gasteiger partial charge in [-0.1, -0.05) is 41.6 Å². The third-order valence-corrected chi connectivity index (χ3v) is 6.73. The van der Waals surface area contributed by atoms with Crippen molar-refractivity contribution >= 4 is 56.6 Å². The van der Waals surface area contributed by atoms with Crippen LogP contribution in [0.5, 0.6) is 0 Å². The molecule has 0 unspecified atom stereocenters. The fraction of sp³-hybridized carbons (Fsp3) is 0.286. The fourth-order valence-corrected chi connectivity index (χ4v) is 4.60. The number of likely N-dealkylation sites (N-methyl/N-ethyl adjacent to an activating group) is 1. The zero-order valence-corrected chi connectivity index (χ0v) is 20.0. The van der Waals surface area contributed by atoms with E-state index in [4.69, 9.17) is 16.0 Å². The highest BCUT2D eigenvalue weighted by Crippen LogP contribution is 2.35. The molecule has 162 valence electrons. The number of para-hydroxylation sites is 1. The Bertz CT molecular complexity index is 1070. The minimum atomic E-state index is -0.164. The number of anilines is 2. The molecule has 0 bridgehead atoms. The van der Waals surface area contributed by atoms with E-state index >= 15 is 0 Å². The van der Waals surface area contributed by atoms with Crippen molar-refractivity contribution in [2.24, 2.45) is 0 Å². The second kappa shape index (κ2) is 10.0. The van der Waals surface area contributed by atoms with Crippen molar-refractivity contribution in [3.63, 3.8) is 0 Å². The van der Waals surface area contributed by atoms with Crippen LogP contribution in [0.15, 0.2) is 56.6 Å². The lowest BCUT2D eigenvalue weighted by Gasteiger charge is -2.35. The zero-order chi connectivity index (χ0) is 21.8. The Morgan fingerprint density at radius 3 is 2.71 bits per heavy atom. The molecule has 1 aromatic heterocycles. The molecular formula is C21H21BrClN5O2S. The second-order valence-corrected chi connectivity index (χ2v) is 9.30. The maximum absolute atomic E-state index is 12.6. The highest BCUT2D eigenvalue weighted by atomic mass is 79.9. The molecule has 1 N–H and O–H groups in total. The van der Waals surface area contributed by atoms with Gasteiger partial charge in [0.25, 0.3) is 5.22 Å². The van der Waals surface area contributed by atoms with E-state index in [1.807, 2.05) is 42.5 Å². The molecule has 2 aromatic carbocycles. The Hall–Kier alpha value is -2.07. The molecule has 31 heavy (non-hydrogen) atoms. The molecule has 2 heterocycles. The van der Waals surface area contributed by atoms with Crippen molar-refractivity contribution in [1.29, 1.82) is 0 Å². The molecule has 0 saturated carbocycles. The van der Waals surface area contributed by atoms with Crippen LogP contribution < -0.4 is 10.2 Å². The maximum atomic E-state index is 12.6. The van der Waals surface area contributed by atoms with Crippen LogP contribution >= 0.6 is 39.3 Å². The molecule has 4 rings (SSSR count). The number of halogens is 2. The van der Waals surface area contributed by atoms with E-state index in [9.17, 15) is 4.79 Å². The van der Waals surface area contributed by atoms with E-state index in [1.165, 1.54) is 11.8 Å². The number of amides is 1. The van der Waals surface area contributed by atoms with Crippen molar-refractivity contribution in [3.05, 3.63) is 52.0 Å². The smallest absolute Gasteiger partial charge is 0.277 e. The molecule has 10 heteroatoms. The average Bonchev–Trinajstić information content (AvgIpc) is 3.23.